The normalized spacial score (nSPS) is 28.9. The maximum absolute atomic E-state index is 11.2. The summed E-state index contributed by atoms with van der Waals surface area (Å²) in [5.41, 5.74) is 2.96. The van der Waals surface area contributed by atoms with Crippen LogP contribution >= 0.6 is 0 Å². The molecule has 0 saturated carbocycles. The van der Waals surface area contributed by atoms with Crippen LogP contribution in [-0.4, -0.2) is 41.8 Å². The SMILES string of the molecule is CC1(C)CCC(N2CCOC(C(=O)O)C2)c2ccccc21. The quantitative estimate of drug-likeness (QED) is 0.909. The van der Waals surface area contributed by atoms with E-state index >= 15 is 0 Å². The molecule has 21 heavy (non-hydrogen) atoms. The molecule has 1 saturated heterocycles. The number of fused-ring (bicyclic) bond motifs is 1. The maximum Gasteiger partial charge on any atom is 0.334 e. The largest absolute Gasteiger partial charge is 0.479 e. The minimum absolute atomic E-state index is 0.200. The van der Waals surface area contributed by atoms with Gasteiger partial charge in [0.15, 0.2) is 6.10 Å². The van der Waals surface area contributed by atoms with Crippen LogP contribution in [0.1, 0.15) is 43.9 Å². The number of carboxylic acid groups (broad SMARTS) is 1. The van der Waals surface area contributed by atoms with Gasteiger partial charge in [-0.15, -0.1) is 0 Å². The van der Waals surface area contributed by atoms with Gasteiger partial charge in [-0.05, 0) is 29.4 Å². The third-order valence-electron chi connectivity index (χ3n) is 4.91. The van der Waals surface area contributed by atoms with Gasteiger partial charge in [-0.25, -0.2) is 4.79 Å². The van der Waals surface area contributed by atoms with E-state index in [2.05, 4.69) is 43.0 Å². The highest BCUT2D eigenvalue weighted by atomic mass is 16.5. The summed E-state index contributed by atoms with van der Waals surface area (Å²) >= 11 is 0. The smallest absolute Gasteiger partial charge is 0.334 e. The Morgan fingerprint density at radius 1 is 1.38 bits per heavy atom. The zero-order valence-corrected chi connectivity index (χ0v) is 12.7. The van der Waals surface area contributed by atoms with E-state index in [9.17, 15) is 9.90 Å². The van der Waals surface area contributed by atoms with Gasteiger partial charge in [-0.1, -0.05) is 38.1 Å². The lowest BCUT2D eigenvalue weighted by atomic mass is 9.70. The Morgan fingerprint density at radius 3 is 2.90 bits per heavy atom. The predicted molar refractivity (Wildman–Crippen MR) is 80.4 cm³/mol. The van der Waals surface area contributed by atoms with E-state index in [4.69, 9.17) is 4.74 Å². The molecule has 0 amide bonds. The number of carbonyl (C=O) groups is 1. The fourth-order valence-corrected chi connectivity index (χ4v) is 3.67. The summed E-state index contributed by atoms with van der Waals surface area (Å²) in [6, 6.07) is 8.92. The van der Waals surface area contributed by atoms with Crippen LogP contribution in [0.3, 0.4) is 0 Å². The van der Waals surface area contributed by atoms with Crippen LogP contribution in [0.15, 0.2) is 24.3 Å². The Kier molecular flexibility index (Phi) is 3.76. The van der Waals surface area contributed by atoms with Crippen LogP contribution in [0.25, 0.3) is 0 Å². The number of aliphatic carboxylic acids is 1. The van der Waals surface area contributed by atoms with Crippen LogP contribution in [-0.2, 0) is 14.9 Å². The Labute approximate surface area is 125 Å². The number of hydrogen-bond acceptors (Lipinski definition) is 3. The lowest BCUT2D eigenvalue weighted by Crippen LogP contribution is -2.48. The molecule has 0 spiro atoms. The number of hydrogen-bond donors (Lipinski definition) is 1. The highest BCUT2D eigenvalue weighted by Crippen LogP contribution is 2.44. The third kappa shape index (κ3) is 2.70. The maximum atomic E-state index is 11.2. The highest BCUT2D eigenvalue weighted by Gasteiger charge is 2.37. The van der Waals surface area contributed by atoms with E-state index < -0.39 is 12.1 Å². The first-order valence-corrected chi connectivity index (χ1v) is 7.67. The van der Waals surface area contributed by atoms with Crippen LogP contribution in [0, 0.1) is 0 Å². The number of benzene rings is 1. The Balaban J connectivity index is 1.88. The lowest BCUT2D eigenvalue weighted by Gasteiger charge is -2.44. The van der Waals surface area contributed by atoms with Crippen molar-refractivity contribution in [3.05, 3.63) is 35.4 Å². The fraction of sp³-hybridized carbons (Fsp3) is 0.588. The molecule has 1 aliphatic carbocycles. The minimum atomic E-state index is -0.857. The van der Waals surface area contributed by atoms with Gasteiger partial charge in [-0.2, -0.15) is 0 Å². The average molecular weight is 289 g/mol. The van der Waals surface area contributed by atoms with Crippen molar-refractivity contribution >= 4 is 5.97 Å². The molecule has 3 rings (SSSR count). The number of carboxylic acids is 1. The molecule has 0 radical (unpaired) electrons. The Bertz CT molecular complexity index is 541. The zero-order chi connectivity index (χ0) is 15.0. The standard InChI is InChI=1S/C17H23NO3/c1-17(2)8-7-14(12-5-3-4-6-13(12)17)18-9-10-21-15(11-18)16(19)20/h3-6,14-15H,7-11H2,1-2H3,(H,19,20). The molecule has 0 aromatic heterocycles. The molecule has 1 heterocycles. The molecule has 1 aromatic carbocycles. The van der Waals surface area contributed by atoms with Crippen LogP contribution < -0.4 is 0 Å². The van der Waals surface area contributed by atoms with Crippen LogP contribution in [0.4, 0.5) is 0 Å². The molecule has 1 N–H and O–H groups in total. The van der Waals surface area contributed by atoms with E-state index in [-0.39, 0.29) is 5.41 Å². The van der Waals surface area contributed by atoms with Crippen molar-refractivity contribution in [3.8, 4) is 0 Å². The van der Waals surface area contributed by atoms with Crippen molar-refractivity contribution in [2.24, 2.45) is 0 Å². The van der Waals surface area contributed by atoms with Crippen molar-refractivity contribution in [1.82, 2.24) is 4.90 Å². The first-order valence-electron chi connectivity index (χ1n) is 7.67. The molecule has 0 bridgehead atoms. The van der Waals surface area contributed by atoms with Gasteiger partial charge >= 0.3 is 5.97 Å². The number of morpholine rings is 1. The summed E-state index contributed by atoms with van der Waals surface area (Å²) < 4.78 is 5.35. The number of rotatable bonds is 2. The topological polar surface area (TPSA) is 49.8 Å². The van der Waals surface area contributed by atoms with Crippen LogP contribution in [0.2, 0.25) is 0 Å². The monoisotopic (exact) mass is 289 g/mol. The summed E-state index contributed by atoms with van der Waals surface area (Å²) in [5.74, 6) is -0.857. The fourth-order valence-electron chi connectivity index (χ4n) is 3.67. The summed E-state index contributed by atoms with van der Waals surface area (Å²) in [6.45, 7) is 6.37. The van der Waals surface area contributed by atoms with Crippen molar-refractivity contribution in [1.29, 1.82) is 0 Å². The zero-order valence-electron chi connectivity index (χ0n) is 12.7. The first-order chi connectivity index (χ1) is 9.99. The van der Waals surface area contributed by atoms with Crippen LogP contribution in [0.5, 0.6) is 0 Å². The van der Waals surface area contributed by atoms with E-state index in [1.807, 2.05) is 0 Å². The summed E-state index contributed by atoms with van der Waals surface area (Å²) in [5, 5.41) is 9.18. The molecule has 4 nitrogen and oxygen atoms in total. The first kappa shape index (κ1) is 14.5. The molecule has 1 aromatic rings. The lowest BCUT2D eigenvalue weighted by molar-refractivity contribution is -0.157. The second kappa shape index (κ2) is 5.43. The van der Waals surface area contributed by atoms with E-state index in [0.29, 0.717) is 19.2 Å². The highest BCUT2D eigenvalue weighted by molar-refractivity contribution is 5.72. The molecule has 1 fully saturated rings. The van der Waals surface area contributed by atoms with Gasteiger partial charge in [-0.3, -0.25) is 4.90 Å². The van der Waals surface area contributed by atoms with E-state index in [1.165, 1.54) is 11.1 Å². The molecule has 114 valence electrons. The van der Waals surface area contributed by atoms with Crippen molar-refractivity contribution in [2.45, 2.75) is 44.2 Å². The van der Waals surface area contributed by atoms with Gasteiger partial charge in [0.25, 0.3) is 0 Å². The van der Waals surface area contributed by atoms with Crippen molar-refractivity contribution in [3.63, 3.8) is 0 Å². The van der Waals surface area contributed by atoms with E-state index in [0.717, 1.165) is 19.4 Å². The van der Waals surface area contributed by atoms with Gasteiger partial charge in [0.2, 0.25) is 0 Å². The Morgan fingerprint density at radius 2 is 2.14 bits per heavy atom. The summed E-state index contributed by atoms with van der Waals surface area (Å²) in [7, 11) is 0. The van der Waals surface area contributed by atoms with Gasteiger partial charge < -0.3 is 9.84 Å². The molecule has 4 heteroatoms. The average Bonchev–Trinajstić information content (AvgIpc) is 2.47. The molecule has 2 unspecified atom stereocenters. The van der Waals surface area contributed by atoms with Gasteiger partial charge in [0.1, 0.15) is 0 Å². The van der Waals surface area contributed by atoms with Crippen molar-refractivity contribution < 1.29 is 14.6 Å². The number of ether oxygens (including phenoxy) is 1. The van der Waals surface area contributed by atoms with Gasteiger partial charge in [0.05, 0.1) is 6.61 Å². The second-order valence-electron chi connectivity index (χ2n) is 6.72. The molecular weight excluding hydrogens is 266 g/mol. The predicted octanol–water partition coefficient (Wildman–Crippen LogP) is 2.58. The van der Waals surface area contributed by atoms with Crippen molar-refractivity contribution in [2.75, 3.05) is 19.7 Å². The Hall–Kier alpha value is -1.39. The summed E-state index contributed by atoms with van der Waals surface area (Å²) in [4.78, 5) is 13.5. The molecular formula is C17H23NO3. The second-order valence-corrected chi connectivity index (χ2v) is 6.72. The molecule has 2 aliphatic rings. The minimum Gasteiger partial charge on any atom is -0.479 e. The number of nitrogens with zero attached hydrogens (tertiary/aromatic N) is 1. The summed E-state index contributed by atoms with van der Waals surface area (Å²) in [6.07, 6.45) is 1.51. The van der Waals surface area contributed by atoms with E-state index in [1.54, 1.807) is 0 Å². The molecule has 2 atom stereocenters. The van der Waals surface area contributed by atoms with Gasteiger partial charge in [0, 0.05) is 19.1 Å². The molecule has 1 aliphatic heterocycles. The third-order valence-corrected chi connectivity index (χ3v) is 4.91.